The van der Waals surface area contributed by atoms with Crippen LogP contribution in [-0.4, -0.2) is 36.6 Å². The van der Waals surface area contributed by atoms with Crippen molar-refractivity contribution < 1.29 is 0 Å². The van der Waals surface area contributed by atoms with Crippen LogP contribution in [0.3, 0.4) is 0 Å². The molecule has 2 nitrogen and oxygen atoms in total. The Morgan fingerprint density at radius 2 is 1.43 bits per heavy atom. The molecule has 0 bridgehead atoms. The Hall–Kier alpha value is -0.0800. The minimum Gasteiger partial charge on any atom is -0.312 e. The Morgan fingerprint density at radius 3 is 1.95 bits per heavy atom. The number of nitrogens with zero attached hydrogens (tertiary/aromatic N) is 1. The van der Waals surface area contributed by atoms with Gasteiger partial charge in [-0.15, -0.1) is 0 Å². The van der Waals surface area contributed by atoms with Gasteiger partial charge in [-0.1, -0.05) is 33.6 Å². The molecule has 0 aromatic heterocycles. The van der Waals surface area contributed by atoms with Gasteiger partial charge in [-0.25, -0.2) is 0 Å². The Balaban J connectivity index is 1.98. The standard InChI is InChI=1S/C19H40N2/c1-18(2,3)17-11-15-21(16-12-17)14-10-8-7-9-13-20-19(4,5)6/h17,20H,7-16H2,1-6H3. The minimum atomic E-state index is 0.275. The van der Waals surface area contributed by atoms with Gasteiger partial charge in [0.1, 0.15) is 0 Å². The molecule has 0 aromatic carbocycles. The summed E-state index contributed by atoms with van der Waals surface area (Å²) in [4.78, 5) is 2.69. The maximum Gasteiger partial charge on any atom is 0.00965 e. The predicted molar refractivity (Wildman–Crippen MR) is 94.8 cm³/mol. The molecule has 1 heterocycles. The van der Waals surface area contributed by atoms with Crippen LogP contribution < -0.4 is 5.32 Å². The van der Waals surface area contributed by atoms with Crippen molar-refractivity contribution >= 4 is 0 Å². The second-order valence-corrected chi connectivity index (χ2v) is 9.07. The van der Waals surface area contributed by atoms with Crippen LogP contribution in [0.2, 0.25) is 0 Å². The summed E-state index contributed by atoms with van der Waals surface area (Å²) in [5.41, 5.74) is 0.781. The number of rotatable bonds is 7. The molecule has 0 aromatic rings. The molecule has 1 fully saturated rings. The Bertz CT molecular complexity index is 264. The van der Waals surface area contributed by atoms with E-state index in [2.05, 4.69) is 51.8 Å². The quantitative estimate of drug-likeness (QED) is 0.685. The Morgan fingerprint density at radius 1 is 0.857 bits per heavy atom. The van der Waals surface area contributed by atoms with E-state index in [1.54, 1.807) is 0 Å². The maximum absolute atomic E-state index is 3.57. The second kappa shape index (κ2) is 8.53. The van der Waals surface area contributed by atoms with Crippen molar-refractivity contribution in [3.8, 4) is 0 Å². The number of piperidine rings is 1. The van der Waals surface area contributed by atoms with E-state index >= 15 is 0 Å². The molecule has 0 saturated carbocycles. The summed E-state index contributed by atoms with van der Waals surface area (Å²) in [6.07, 6.45) is 8.28. The lowest BCUT2D eigenvalue weighted by molar-refractivity contribution is 0.111. The molecule has 0 atom stereocenters. The molecule has 0 aliphatic carbocycles. The summed E-state index contributed by atoms with van der Waals surface area (Å²) < 4.78 is 0. The van der Waals surface area contributed by atoms with Crippen LogP contribution in [0.4, 0.5) is 0 Å². The van der Waals surface area contributed by atoms with Gasteiger partial charge in [0.25, 0.3) is 0 Å². The molecule has 1 aliphatic heterocycles. The third kappa shape index (κ3) is 8.83. The molecular formula is C19H40N2. The fraction of sp³-hybridized carbons (Fsp3) is 1.00. The zero-order valence-electron chi connectivity index (χ0n) is 15.6. The Kier molecular flexibility index (Phi) is 7.70. The van der Waals surface area contributed by atoms with E-state index in [1.807, 2.05) is 0 Å². The first kappa shape index (κ1) is 19.0. The zero-order chi connectivity index (χ0) is 15.9. The predicted octanol–water partition coefficient (Wildman–Crippen LogP) is 4.69. The Labute approximate surface area is 134 Å². The normalized spacial score (nSPS) is 19.1. The van der Waals surface area contributed by atoms with Crippen molar-refractivity contribution in [1.82, 2.24) is 10.2 Å². The van der Waals surface area contributed by atoms with Crippen LogP contribution in [-0.2, 0) is 0 Å². The summed E-state index contributed by atoms with van der Waals surface area (Å²) in [6.45, 7) is 19.1. The SMILES string of the molecule is CC(C)(C)NCCCCCCN1CCC(C(C)(C)C)CC1. The van der Waals surface area contributed by atoms with Gasteiger partial charge in [-0.3, -0.25) is 0 Å². The zero-order valence-corrected chi connectivity index (χ0v) is 15.6. The van der Waals surface area contributed by atoms with E-state index in [9.17, 15) is 0 Å². The molecule has 0 spiro atoms. The topological polar surface area (TPSA) is 15.3 Å². The smallest absolute Gasteiger partial charge is 0.00965 e. The molecule has 0 radical (unpaired) electrons. The summed E-state index contributed by atoms with van der Waals surface area (Å²) in [6, 6.07) is 0. The van der Waals surface area contributed by atoms with Crippen LogP contribution in [0.5, 0.6) is 0 Å². The highest BCUT2D eigenvalue weighted by molar-refractivity contribution is 4.80. The molecule has 1 saturated heterocycles. The molecule has 1 N–H and O–H groups in total. The van der Waals surface area contributed by atoms with Crippen molar-refractivity contribution in [2.45, 2.75) is 85.6 Å². The van der Waals surface area contributed by atoms with Gasteiger partial charge in [-0.2, -0.15) is 0 Å². The lowest BCUT2D eigenvalue weighted by Gasteiger charge is -2.38. The maximum atomic E-state index is 3.57. The number of hydrogen-bond donors (Lipinski definition) is 1. The van der Waals surface area contributed by atoms with E-state index in [1.165, 1.54) is 64.7 Å². The number of unbranched alkanes of at least 4 members (excludes halogenated alkanes) is 3. The highest BCUT2D eigenvalue weighted by Crippen LogP contribution is 2.34. The van der Waals surface area contributed by atoms with Gasteiger partial charge in [0, 0.05) is 5.54 Å². The van der Waals surface area contributed by atoms with Crippen LogP contribution in [0.15, 0.2) is 0 Å². The minimum absolute atomic E-state index is 0.275. The molecule has 1 aliphatic rings. The molecule has 21 heavy (non-hydrogen) atoms. The van der Waals surface area contributed by atoms with Crippen LogP contribution >= 0.6 is 0 Å². The summed E-state index contributed by atoms with van der Waals surface area (Å²) in [5.74, 6) is 0.928. The van der Waals surface area contributed by atoms with Gasteiger partial charge < -0.3 is 10.2 Å². The summed E-state index contributed by atoms with van der Waals surface area (Å²) >= 11 is 0. The highest BCUT2D eigenvalue weighted by atomic mass is 15.1. The van der Waals surface area contributed by atoms with Gasteiger partial charge in [0.05, 0.1) is 0 Å². The van der Waals surface area contributed by atoms with Crippen LogP contribution in [0.1, 0.15) is 80.1 Å². The van der Waals surface area contributed by atoms with E-state index in [4.69, 9.17) is 0 Å². The molecule has 2 heteroatoms. The first-order chi connectivity index (χ1) is 9.68. The van der Waals surface area contributed by atoms with Gasteiger partial charge in [0.2, 0.25) is 0 Å². The summed E-state index contributed by atoms with van der Waals surface area (Å²) in [7, 11) is 0. The van der Waals surface area contributed by atoms with Gasteiger partial charge >= 0.3 is 0 Å². The molecule has 0 amide bonds. The third-order valence-electron chi connectivity index (χ3n) is 4.87. The molecule has 126 valence electrons. The number of hydrogen-bond acceptors (Lipinski definition) is 2. The second-order valence-electron chi connectivity index (χ2n) is 9.07. The lowest BCUT2D eigenvalue weighted by Crippen LogP contribution is -2.38. The molecule has 0 unspecified atom stereocenters. The highest BCUT2D eigenvalue weighted by Gasteiger charge is 2.28. The monoisotopic (exact) mass is 296 g/mol. The fourth-order valence-corrected chi connectivity index (χ4v) is 3.30. The van der Waals surface area contributed by atoms with Crippen molar-refractivity contribution in [3.05, 3.63) is 0 Å². The van der Waals surface area contributed by atoms with E-state index in [0.717, 1.165) is 5.92 Å². The van der Waals surface area contributed by atoms with Crippen LogP contribution in [0.25, 0.3) is 0 Å². The van der Waals surface area contributed by atoms with E-state index in [0.29, 0.717) is 5.41 Å². The average Bonchev–Trinajstić information content (AvgIpc) is 2.36. The lowest BCUT2D eigenvalue weighted by atomic mass is 9.75. The third-order valence-corrected chi connectivity index (χ3v) is 4.87. The largest absolute Gasteiger partial charge is 0.312 e. The number of nitrogens with one attached hydrogen (secondary N) is 1. The van der Waals surface area contributed by atoms with Crippen molar-refractivity contribution in [3.63, 3.8) is 0 Å². The average molecular weight is 297 g/mol. The first-order valence-electron chi connectivity index (χ1n) is 9.16. The first-order valence-corrected chi connectivity index (χ1v) is 9.16. The van der Waals surface area contributed by atoms with Crippen LogP contribution in [0, 0.1) is 11.3 Å². The summed E-state index contributed by atoms with van der Waals surface area (Å²) in [5, 5.41) is 3.57. The van der Waals surface area contributed by atoms with E-state index in [-0.39, 0.29) is 5.54 Å². The van der Waals surface area contributed by atoms with Crippen molar-refractivity contribution in [1.29, 1.82) is 0 Å². The van der Waals surface area contributed by atoms with E-state index < -0.39 is 0 Å². The van der Waals surface area contributed by atoms with Crippen molar-refractivity contribution in [2.24, 2.45) is 11.3 Å². The number of likely N-dealkylation sites (tertiary alicyclic amines) is 1. The molecule has 1 rings (SSSR count). The fourth-order valence-electron chi connectivity index (χ4n) is 3.30. The molecular weight excluding hydrogens is 256 g/mol. The van der Waals surface area contributed by atoms with Crippen molar-refractivity contribution in [2.75, 3.05) is 26.2 Å². The van der Waals surface area contributed by atoms with Gasteiger partial charge in [-0.05, 0) is 84.0 Å². The van der Waals surface area contributed by atoms with Gasteiger partial charge in [0.15, 0.2) is 0 Å².